The number of methoxy groups -OCH3 is 1. The molecule has 3 rings (SSSR count). The molecule has 0 bridgehead atoms. The molecule has 0 fully saturated rings. The molecule has 248 valence electrons. The summed E-state index contributed by atoms with van der Waals surface area (Å²) in [4.78, 5) is 4.52. The summed E-state index contributed by atoms with van der Waals surface area (Å²) in [5.74, 6) is 0.332. The van der Waals surface area contributed by atoms with Gasteiger partial charge in [-0.3, -0.25) is 0 Å². The fourth-order valence-electron chi connectivity index (χ4n) is 4.90. The third-order valence-electron chi connectivity index (χ3n) is 7.41. The Morgan fingerprint density at radius 1 is 0.894 bits per heavy atom. The van der Waals surface area contributed by atoms with Gasteiger partial charge in [0.05, 0.1) is 18.8 Å². The highest BCUT2D eigenvalue weighted by Gasteiger charge is 2.34. The molecule has 0 atom stereocenters. The Balaban J connectivity index is 1.81. The Kier molecular flexibility index (Phi) is 14.6. The molecule has 8 heteroatoms. The van der Waals surface area contributed by atoms with Gasteiger partial charge in [-0.05, 0) is 80.3 Å². The van der Waals surface area contributed by atoms with Crippen molar-refractivity contribution in [1.29, 1.82) is 5.26 Å². The minimum absolute atomic E-state index is 0.161. The van der Waals surface area contributed by atoms with E-state index in [1.165, 1.54) is 19.5 Å². The molecule has 0 aliphatic heterocycles. The molecule has 0 saturated carbocycles. The number of hydrogen-bond donors (Lipinski definition) is 0. The van der Waals surface area contributed by atoms with Crippen LogP contribution in [-0.4, -0.2) is 26.6 Å². The summed E-state index contributed by atoms with van der Waals surface area (Å²) in [7, 11) is 1.70. The number of hydrogen-bond acceptors (Lipinski definition) is 5. The van der Waals surface area contributed by atoms with Crippen LogP contribution in [0.1, 0.15) is 74.3 Å². The number of allylic oxidation sites excluding steroid dienone is 6. The normalized spacial score (nSPS) is 13.2. The molecular weight excluding hydrogens is 618 g/mol. The summed E-state index contributed by atoms with van der Waals surface area (Å²) in [5, 5.41) is 9.34. The zero-order valence-electron chi connectivity index (χ0n) is 27.7. The van der Waals surface area contributed by atoms with Crippen LogP contribution in [0, 0.1) is 11.3 Å². The second-order valence-corrected chi connectivity index (χ2v) is 12.1. The van der Waals surface area contributed by atoms with E-state index in [0.717, 1.165) is 59.8 Å². The van der Waals surface area contributed by atoms with Crippen molar-refractivity contribution in [2.24, 2.45) is 0 Å². The van der Waals surface area contributed by atoms with Gasteiger partial charge in [0.1, 0.15) is 11.5 Å². The van der Waals surface area contributed by atoms with Gasteiger partial charge in [0.25, 0.3) is 0 Å². The first-order valence-corrected chi connectivity index (χ1v) is 16.6. The highest BCUT2D eigenvalue weighted by molar-refractivity contribution is 7.13. The van der Waals surface area contributed by atoms with Crippen molar-refractivity contribution in [2.45, 2.75) is 59.7 Å². The van der Waals surface area contributed by atoms with Crippen molar-refractivity contribution in [3.8, 4) is 11.8 Å². The molecule has 0 radical (unpaired) electrons. The van der Waals surface area contributed by atoms with Crippen molar-refractivity contribution in [2.75, 3.05) is 25.1 Å². The molecule has 3 aromatic rings. The van der Waals surface area contributed by atoms with E-state index in [0.29, 0.717) is 11.1 Å². The van der Waals surface area contributed by atoms with Gasteiger partial charge < -0.3 is 14.4 Å². The first-order valence-electron chi connectivity index (χ1n) is 15.8. The maximum absolute atomic E-state index is 13.2. The number of ether oxygens (including phenoxy) is 2. The van der Waals surface area contributed by atoms with Gasteiger partial charge in [0, 0.05) is 45.7 Å². The standard InChI is InChI=1S/C39H43F3N2O2S/c1-6-8-25-44(26-9-7-2)33-21-19-32(37(27-33)45-5)20-22-35-24-23-34(47-35)17-13-14-18-36(31-15-11-10-12-16-31)30(4)38(29(3)28-43)46-39(40,41)42/h10-24,27H,6-9,25-26H2,1-5H3/b17-13+,18-14+,22-20+,36-30-,38-29-. The minimum Gasteiger partial charge on any atom is -0.496 e. The quantitative estimate of drug-likeness (QED) is 0.0871. The number of nitrogens with zero attached hydrogens (tertiary/aromatic N) is 2. The summed E-state index contributed by atoms with van der Waals surface area (Å²) < 4.78 is 49.6. The van der Waals surface area contributed by atoms with E-state index in [2.05, 4.69) is 53.8 Å². The number of nitriles is 1. The van der Waals surface area contributed by atoms with Crippen molar-refractivity contribution < 1.29 is 22.6 Å². The highest BCUT2D eigenvalue weighted by atomic mass is 32.1. The van der Waals surface area contributed by atoms with Crippen LogP contribution in [0.2, 0.25) is 0 Å². The summed E-state index contributed by atoms with van der Waals surface area (Å²) in [6, 6.07) is 21.3. The number of anilines is 1. The maximum atomic E-state index is 13.2. The molecule has 0 spiro atoms. The Hall–Kier alpha value is -4.48. The van der Waals surface area contributed by atoms with E-state index in [-0.39, 0.29) is 11.1 Å². The van der Waals surface area contributed by atoms with Gasteiger partial charge in [0.2, 0.25) is 0 Å². The summed E-state index contributed by atoms with van der Waals surface area (Å²) in [6.07, 6.45) is 11.1. The number of thiophene rings is 1. The first-order chi connectivity index (χ1) is 22.6. The minimum atomic E-state index is -4.93. The van der Waals surface area contributed by atoms with Crippen LogP contribution in [0.4, 0.5) is 18.9 Å². The van der Waals surface area contributed by atoms with Crippen molar-refractivity contribution >= 4 is 40.8 Å². The van der Waals surface area contributed by atoms with Crippen LogP contribution in [0.3, 0.4) is 0 Å². The molecule has 47 heavy (non-hydrogen) atoms. The second-order valence-electron chi connectivity index (χ2n) is 10.9. The molecule has 0 aliphatic carbocycles. The fraction of sp³-hybridized carbons (Fsp3) is 0.308. The molecule has 1 heterocycles. The zero-order chi connectivity index (χ0) is 34.2. The molecule has 2 aromatic carbocycles. The van der Waals surface area contributed by atoms with Crippen molar-refractivity contribution in [1.82, 2.24) is 0 Å². The molecular formula is C39H43F3N2O2S. The topological polar surface area (TPSA) is 45.5 Å². The predicted molar refractivity (Wildman–Crippen MR) is 191 cm³/mol. The second kappa shape index (κ2) is 18.6. The van der Waals surface area contributed by atoms with Crippen LogP contribution in [-0.2, 0) is 4.74 Å². The molecule has 1 aromatic heterocycles. The largest absolute Gasteiger partial charge is 0.573 e. The number of unbranched alkanes of at least 4 members (excludes halogenated alkanes) is 2. The van der Waals surface area contributed by atoms with E-state index >= 15 is 0 Å². The molecule has 0 aliphatic rings. The lowest BCUT2D eigenvalue weighted by molar-refractivity contribution is -0.304. The van der Waals surface area contributed by atoms with Gasteiger partial charge >= 0.3 is 6.36 Å². The van der Waals surface area contributed by atoms with Gasteiger partial charge in [-0.1, -0.05) is 75.2 Å². The smallest absolute Gasteiger partial charge is 0.496 e. The summed E-state index contributed by atoms with van der Waals surface area (Å²) in [6.45, 7) is 9.32. The lowest BCUT2D eigenvalue weighted by atomic mass is 9.97. The number of benzene rings is 2. The van der Waals surface area contributed by atoms with E-state index in [1.54, 1.807) is 60.9 Å². The fourth-order valence-corrected chi connectivity index (χ4v) is 5.73. The van der Waals surface area contributed by atoms with E-state index in [1.807, 2.05) is 30.4 Å². The maximum Gasteiger partial charge on any atom is 0.573 e. The molecule has 4 nitrogen and oxygen atoms in total. The molecule has 0 N–H and O–H groups in total. The zero-order valence-corrected chi connectivity index (χ0v) is 28.5. The Labute approximate surface area is 281 Å². The van der Waals surface area contributed by atoms with Crippen LogP contribution >= 0.6 is 11.3 Å². The van der Waals surface area contributed by atoms with Gasteiger partial charge in [0.15, 0.2) is 0 Å². The Bertz CT molecular complexity index is 1630. The Morgan fingerprint density at radius 2 is 1.55 bits per heavy atom. The third-order valence-corrected chi connectivity index (χ3v) is 8.43. The SMILES string of the molecule is CCCCN(CCCC)c1ccc(/C=C/c2ccc(/C=C/C=C/C(=C(C)/C(OC(F)(F)F)=C(\C)C#N)c3ccccc3)s2)c(OC)c1. The van der Waals surface area contributed by atoms with E-state index in [4.69, 9.17) is 4.74 Å². The molecule has 0 saturated heterocycles. The number of alkyl halides is 3. The monoisotopic (exact) mass is 660 g/mol. The van der Waals surface area contributed by atoms with Crippen molar-refractivity contribution in [3.63, 3.8) is 0 Å². The number of rotatable bonds is 16. The molecule has 0 amide bonds. The highest BCUT2D eigenvalue weighted by Crippen LogP contribution is 2.33. The molecule has 0 unspecified atom stereocenters. The van der Waals surface area contributed by atoms with Crippen molar-refractivity contribution in [3.05, 3.63) is 117 Å². The van der Waals surface area contributed by atoms with Crippen LogP contribution in [0.15, 0.2) is 95.8 Å². The lowest BCUT2D eigenvalue weighted by Gasteiger charge is -2.25. The van der Waals surface area contributed by atoms with E-state index < -0.39 is 12.1 Å². The number of halogens is 3. The van der Waals surface area contributed by atoms with Gasteiger partial charge in [-0.25, -0.2) is 0 Å². The van der Waals surface area contributed by atoms with Gasteiger partial charge in [-0.2, -0.15) is 5.26 Å². The lowest BCUT2D eigenvalue weighted by Crippen LogP contribution is -2.25. The predicted octanol–water partition coefficient (Wildman–Crippen LogP) is 11.7. The van der Waals surface area contributed by atoms with Crippen LogP contribution in [0.5, 0.6) is 5.75 Å². The average Bonchev–Trinajstić information content (AvgIpc) is 3.53. The third kappa shape index (κ3) is 11.7. The van der Waals surface area contributed by atoms with Gasteiger partial charge in [-0.15, -0.1) is 24.5 Å². The first kappa shape index (κ1) is 37.0. The Morgan fingerprint density at radius 3 is 2.15 bits per heavy atom. The summed E-state index contributed by atoms with van der Waals surface area (Å²) in [5.41, 5.74) is 3.44. The average molecular weight is 661 g/mol. The van der Waals surface area contributed by atoms with E-state index in [9.17, 15) is 18.4 Å². The van der Waals surface area contributed by atoms with Crippen LogP contribution in [0.25, 0.3) is 23.8 Å². The summed E-state index contributed by atoms with van der Waals surface area (Å²) >= 11 is 1.61. The van der Waals surface area contributed by atoms with Crippen LogP contribution < -0.4 is 9.64 Å².